The molecule has 0 heterocycles. The summed E-state index contributed by atoms with van der Waals surface area (Å²) in [6.07, 6.45) is 0.533. The van der Waals surface area contributed by atoms with Crippen LogP contribution in [0.4, 0.5) is 4.39 Å². The van der Waals surface area contributed by atoms with E-state index in [-0.39, 0.29) is 16.8 Å². The molecule has 0 amide bonds. The minimum Gasteiger partial charge on any atom is -0.330 e. The number of benzene rings is 2. The zero-order valence-corrected chi connectivity index (χ0v) is 12.6. The fourth-order valence-electron chi connectivity index (χ4n) is 2.10. The molecule has 0 spiro atoms. The van der Waals surface area contributed by atoms with Gasteiger partial charge in [-0.3, -0.25) is 0 Å². The van der Waals surface area contributed by atoms with Crippen LogP contribution in [-0.4, -0.2) is 6.54 Å². The van der Waals surface area contributed by atoms with Gasteiger partial charge >= 0.3 is 0 Å². The van der Waals surface area contributed by atoms with Crippen molar-refractivity contribution in [2.75, 3.05) is 6.54 Å². The molecule has 0 saturated carbocycles. The van der Waals surface area contributed by atoms with Crippen LogP contribution in [0.5, 0.6) is 0 Å². The topological polar surface area (TPSA) is 26.0 Å². The fraction of sp³-hybridized carbons (Fsp3) is 0.200. The molecule has 2 N–H and O–H groups in total. The van der Waals surface area contributed by atoms with Gasteiger partial charge in [0.15, 0.2) is 0 Å². The lowest BCUT2D eigenvalue weighted by Gasteiger charge is -2.17. The molecule has 1 unspecified atom stereocenters. The predicted octanol–water partition coefficient (Wildman–Crippen LogP) is 4.53. The van der Waals surface area contributed by atoms with Crippen LogP contribution in [0.3, 0.4) is 0 Å². The molecule has 2 rings (SSSR count). The summed E-state index contributed by atoms with van der Waals surface area (Å²) in [6.45, 7) is 0.453. The molecule has 2 aromatic carbocycles. The normalized spacial score (nSPS) is 12.4. The molecule has 1 nitrogen and oxygen atoms in total. The molecule has 0 aliphatic carbocycles. The Morgan fingerprint density at radius 3 is 2.58 bits per heavy atom. The summed E-state index contributed by atoms with van der Waals surface area (Å²) >= 11 is 9.31. The van der Waals surface area contributed by atoms with Crippen LogP contribution in [0.1, 0.15) is 17.0 Å². The molecule has 0 bridgehead atoms. The van der Waals surface area contributed by atoms with Crippen LogP contribution < -0.4 is 5.73 Å². The molecule has 4 heteroatoms. The Kier molecular flexibility index (Phi) is 4.97. The molecule has 0 aliphatic rings. The number of hydrogen-bond donors (Lipinski definition) is 1. The maximum atomic E-state index is 13.9. The Morgan fingerprint density at radius 2 is 1.89 bits per heavy atom. The minimum atomic E-state index is -0.352. The van der Waals surface area contributed by atoms with Gasteiger partial charge in [0.05, 0.1) is 5.02 Å². The lowest BCUT2D eigenvalue weighted by Crippen LogP contribution is -2.16. The highest BCUT2D eigenvalue weighted by molar-refractivity contribution is 9.10. The molecule has 0 aromatic heterocycles. The van der Waals surface area contributed by atoms with Gasteiger partial charge in [0.1, 0.15) is 5.82 Å². The molecule has 0 fully saturated rings. The molecular formula is C15H14BrClFN. The average Bonchev–Trinajstić information content (AvgIpc) is 2.41. The van der Waals surface area contributed by atoms with Crippen LogP contribution in [0.15, 0.2) is 46.9 Å². The minimum absolute atomic E-state index is 0.0588. The van der Waals surface area contributed by atoms with Gasteiger partial charge in [0.25, 0.3) is 0 Å². The van der Waals surface area contributed by atoms with Gasteiger partial charge in [-0.25, -0.2) is 4.39 Å². The Bertz CT molecular complexity index is 574. The van der Waals surface area contributed by atoms with E-state index >= 15 is 0 Å². The maximum Gasteiger partial charge on any atom is 0.144 e. The van der Waals surface area contributed by atoms with Crippen molar-refractivity contribution in [3.8, 4) is 0 Å². The van der Waals surface area contributed by atoms with Crippen molar-refractivity contribution in [3.63, 3.8) is 0 Å². The second kappa shape index (κ2) is 6.51. The van der Waals surface area contributed by atoms with Gasteiger partial charge < -0.3 is 5.73 Å². The van der Waals surface area contributed by atoms with E-state index in [0.29, 0.717) is 18.5 Å². The van der Waals surface area contributed by atoms with E-state index in [9.17, 15) is 4.39 Å². The van der Waals surface area contributed by atoms with Crippen LogP contribution in [0.2, 0.25) is 5.02 Å². The number of halogens is 3. The summed E-state index contributed by atoms with van der Waals surface area (Å²) in [7, 11) is 0. The van der Waals surface area contributed by atoms with Gasteiger partial charge in [-0.1, -0.05) is 57.9 Å². The van der Waals surface area contributed by atoms with E-state index in [1.54, 1.807) is 18.2 Å². The highest BCUT2D eigenvalue weighted by Crippen LogP contribution is 2.29. The van der Waals surface area contributed by atoms with Crippen LogP contribution >= 0.6 is 27.5 Å². The molecule has 2 aromatic rings. The standard InChI is InChI=1S/C15H14BrClFN/c16-13-6-2-1-5-12(13)11(9-19)8-10-4-3-7-14(17)15(10)18/h1-7,11H,8-9,19H2. The third-order valence-corrected chi connectivity index (χ3v) is 4.14. The summed E-state index contributed by atoms with van der Waals surface area (Å²) in [5.41, 5.74) is 7.52. The monoisotopic (exact) mass is 341 g/mol. The van der Waals surface area contributed by atoms with E-state index in [1.165, 1.54) is 0 Å². The van der Waals surface area contributed by atoms with Crippen molar-refractivity contribution in [3.05, 3.63) is 68.9 Å². The molecule has 100 valence electrons. The molecular weight excluding hydrogens is 329 g/mol. The van der Waals surface area contributed by atoms with Crippen molar-refractivity contribution in [2.24, 2.45) is 5.73 Å². The highest BCUT2D eigenvalue weighted by atomic mass is 79.9. The quantitative estimate of drug-likeness (QED) is 0.868. The molecule has 0 saturated heterocycles. The first-order valence-corrected chi connectivity index (χ1v) is 7.18. The van der Waals surface area contributed by atoms with E-state index in [1.807, 2.05) is 24.3 Å². The van der Waals surface area contributed by atoms with Crippen molar-refractivity contribution in [1.29, 1.82) is 0 Å². The number of hydrogen-bond acceptors (Lipinski definition) is 1. The largest absolute Gasteiger partial charge is 0.330 e. The second-order valence-electron chi connectivity index (χ2n) is 4.37. The van der Waals surface area contributed by atoms with E-state index < -0.39 is 0 Å². The summed E-state index contributed by atoms with van der Waals surface area (Å²) in [4.78, 5) is 0. The zero-order chi connectivity index (χ0) is 13.8. The number of rotatable bonds is 4. The van der Waals surface area contributed by atoms with Gasteiger partial charge in [0, 0.05) is 10.4 Å². The van der Waals surface area contributed by atoms with Gasteiger partial charge in [-0.2, -0.15) is 0 Å². The van der Waals surface area contributed by atoms with Crippen LogP contribution in [0, 0.1) is 5.82 Å². The summed E-state index contributed by atoms with van der Waals surface area (Å²) in [5.74, 6) is -0.293. The summed E-state index contributed by atoms with van der Waals surface area (Å²) < 4.78 is 14.9. The molecule has 1 atom stereocenters. The summed E-state index contributed by atoms with van der Waals surface area (Å²) in [6, 6.07) is 12.9. The van der Waals surface area contributed by atoms with Gasteiger partial charge in [-0.15, -0.1) is 0 Å². The van der Waals surface area contributed by atoms with E-state index in [2.05, 4.69) is 15.9 Å². The lowest BCUT2D eigenvalue weighted by molar-refractivity contribution is 0.590. The lowest BCUT2D eigenvalue weighted by atomic mass is 9.92. The SMILES string of the molecule is NCC(Cc1cccc(Cl)c1F)c1ccccc1Br. The van der Waals surface area contributed by atoms with Crippen molar-refractivity contribution in [1.82, 2.24) is 0 Å². The second-order valence-corrected chi connectivity index (χ2v) is 5.63. The Labute approximate surface area is 125 Å². The van der Waals surface area contributed by atoms with Crippen LogP contribution in [-0.2, 0) is 6.42 Å². The highest BCUT2D eigenvalue weighted by Gasteiger charge is 2.16. The van der Waals surface area contributed by atoms with Gasteiger partial charge in [-0.05, 0) is 36.2 Å². The number of nitrogens with two attached hydrogens (primary N) is 1. The van der Waals surface area contributed by atoms with E-state index in [4.69, 9.17) is 17.3 Å². The first-order valence-electron chi connectivity index (χ1n) is 6.01. The van der Waals surface area contributed by atoms with Gasteiger partial charge in [0.2, 0.25) is 0 Å². The molecule has 19 heavy (non-hydrogen) atoms. The van der Waals surface area contributed by atoms with Crippen molar-refractivity contribution >= 4 is 27.5 Å². The average molecular weight is 343 g/mol. The Hall–Kier alpha value is -0.900. The summed E-state index contributed by atoms with van der Waals surface area (Å²) in [5, 5.41) is 0.153. The Balaban J connectivity index is 2.30. The third kappa shape index (κ3) is 3.35. The zero-order valence-electron chi connectivity index (χ0n) is 10.2. The van der Waals surface area contributed by atoms with Crippen molar-refractivity contribution < 1.29 is 4.39 Å². The predicted molar refractivity (Wildman–Crippen MR) is 81.1 cm³/mol. The third-order valence-electron chi connectivity index (χ3n) is 3.13. The van der Waals surface area contributed by atoms with E-state index in [0.717, 1.165) is 10.0 Å². The van der Waals surface area contributed by atoms with Crippen molar-refractivity contribution in [2.45, 2.75) is 12.3 Å². The first kappa shape index (κ1) is 14.5. The first-order chi connectivity index (χ1) is 9.13. The molecule has 0 radical (unpaired) electrons. The smallest absolute Gasteiger partial charge is 0.144 e. The molecule has 0 aliphatic heterocycles. The Morgan fingerprint density at radius 1 is 1.16 bits per heavy atom. The van der Waals surface area contributed by atoms with Crippen LogP contribution in [0.25, 0.3) is 0 Å². The fourth-order valence-corrected chi connectivity index (χ4v) is 2.90. The maximum absolute atomic E-state index is 13.9.